The molecule has 0 radical (unpaired) electrons. The van der Waals surface area contributed by atoms with Crippen LogP contribution >= 0.6 is 27.3 Å². The van der Waals surface area contributed by atoms with Crippen molar-refractivity contribution in [1.29, 1.82) is 0 Å². The number of hydrogen-bond donors (Lipinski definition) is 1. The Morgan fingerprint density at radius 1 is 1.50 bits per heavy atom. The highest BCUT2D eigenvalue weighted by molar-refractivity contribution is 9.10. The molecule has 2 rings (SSSR count). The predicted octanol–water partition coefficient (Wildman–Crippen LogP) is 4.43. The van der Waals surface area contributed by atoms with Crippen LogP contribution in [0, 0.1) is 11.8 Å². The summed E-state index contributed by atoms with van der Waals surface area (Å²) in [5.41, 5.74) is 0. The van der Waals surface area contributed by atoms with Gasteiger partial charge in [-0.15, -0.1) is 11.3 Å². The van der Waals surface area contributed by atoms with Crippen LogP contribution in [0.2, 0.25) is 0 Å². The molecule has 1 aromatic rings. The van der Waals surface area contributed by atoms with E-state index in [-0.39, 0.29) is 0 Å². The molecule has 1 N–H and O–H groups in total. The van der Waals surface area contributed by atoms with Crippen LogP contribution in [0.3, 0.4) is 0 Å². The van der Waals surface area contributed by atoms with Crippen LogP contribution in [-0.4, -0.2) is 6.54 Å². The molecule has 0 spiro atoms. The summed E-state index contributed by atoms with van der Waals surface area (Å²) in [6.45, 7) is 4.61. The second-order valence-electron chi connectivity index (χ2n) is 5.00. The first-order valence-electron chi connectivity index (χ1n) is 6.17. The first kappa shape index (κ1) is 12.6. The van der Waals surface area contributed by atoms with Gasteiger partial charge in [-0.2, -0.15) is 0 Å². The smallest absolute Gasteiger partial charge is 0.0300 e. The van der Waals surface area contributed by atoms with Crippen molar-refractivity contribution in [2.45, 2.75) is 39.2 Å². The van der Waals surface area contributed by atoms with Crippen LogP contribution in [0.25, 0.3) is 0 Å². The molecule has 0 saturated heterocycles. The SMILES string of the molecule is CC1CCCC(CNCc2cc(Br)cs2)C1. The molecular formula is C13H20BrNS. The molecule has 2 atom stereocenters. The summed E-state index contributed by atoms with van der Waals surface area (Å²) in [4.78, 5) is 1.43. The Kier molecular flexibility index (Phi) is 4.86. The highest BCUT2D eigenvalue weighted by Gasteiger charge is 2.18. The van der Waals surface area contributed by atoms with Crippen molar-refractivity contribution in [1.82, 2.24) is 5.32 Å². The van der Waals surface area contributed by atoms with Gasteiger partial charge in [-0.05, 0) is 53.2 Å². The van der Waals surface area contributed by atoms with E-state index in [4.69, 9.17) is 0 Å². The van der Waals surface area contributed by atoms with Crippen molar-refractivity contribution in [3.8, 4) is 0 Å². The average Bonchev–Trinajstić information content (AvgIpc) is 2.64. The number of nitrogens with one attached hydrogen (secondary N) is 1. The number of halogens is 1. The maximum atomic E-state index is 3.59. The monoisotopic (exact) mass is 301 g/mol. The van der Waals surface area contributed by atoms with Gasteiger partial charge >= 0.3 is 0 Å². The summed E-state index contributed by atoms with van der Waals surface area (Å²) in [5, 5.41) is 5.75. The molecule has 1 fully saturated rings. The minimum Gasteiger partial charge on any atom is -0.312 e. The van der Waals surface area contributed by atoms with Crippen molar-refractivity contribution in [3.05, 3.63) is 20.8 Å². The minimum atomic E-state index is 0.909. The van der Waals surface area contributed by atoms with Crippen LogP contribution in [0.1, 0.15) is 37.5 Å². The molecule has 0 aromatic carbocycles. The zero-order valence-corrected chi connectivity index (χ0v) is 12.2. The lowest BCUT2D eigenvalue weighted by atomic mass is 9.82. The summed E-state index contributed by atoms with van der Waals surface area (Å²) in [7, 11) is 0. The largest absolute Gasteiger partial charge is 0.312 e. The minimum absolute atomic E-state index is 0.909. The standard InChI is InChI=1S/C13H20BrNS/c1-10-3-2-4-11(5-10)7-15-8-13-6-12(14)9-16-13/h6,9-11,15H,2-5,7-8H2,1H3. The molecule has 1 aliphatic rings. The number of thiophene rings is 1. The van der Waals surface area contributed by atoms with Gasteiger partial charge in [0.15, 0.2) is 0 Å². The van der Waals surface area contributed by atoms with E-state index in [9.17, 15) is 0 Å². The van der Waals surface area contributed by atoms with Gasteiger partial charge in [0.1, 0.15) is 0 Å². The Balaban J connectivity index is 1.67. The average molecular weight is 302 g/mol. The molecule has 0 amide bonds. The van der Waals surface area contributed by atoms with Gasteiger partial charge in [0.05, 0.1) is 0 Å². The summed E-state index contributed by atoms with van der Waals surface area (Å²) < 4.78 is 1.21. The Morgan fingerprint density at radius 2 is 2.38 bits per heavy atom. The van der Waals surface area contributed by atoms with E-state index in [2.05, 4.69) is 39.6 Å². The van der Waals surface area contributed by atoms with Crippen molar-refractivity contribution < 1.29 is 0 Å². The van der Waals surface area contributed by atoms with E-state index >= 15 is 0 Å². The molecule has 2 unspecified atom stereocenters. The quantitative estimate of drug-likeness (QED) is 0.868. The molecule has 1 aliphatic carbocycles. The van der Waals surface area contributed by atoms with E-state index in [1.54, 1.807) is 0 Å². The first-order chi connectivity index (χ1) is 7.74. The van der Waals surface area contributed by atoms with Crippen LogP contribution < -0.4 is 5.32 Å². The van der Waals surface area contributed by atoms with E-state index in [0.717, 1.165) is 18.4 Å². The van der Waals surface area contributed by atoms with Gasteiger partial charge in [0.25, 0.3) is 0 Å². The van der Waals surface area contributed by atoms with Gasteiger partial charge in [-0.1, -0.05) is 19.8 Å². The molecule has 3 heteroatoms. The number of hydrogen-bond acceptors (Lipinski definition) is 2. The fraction of sp³-hybridized carbons (Fsp3) is 0.692. The van der Waals surface area contributed by atoms with Crippen molar-refractivity contribution >= 4 is 27.3 Å². The Bertz CT molecular complexity index is 323. The zero-order chi connectivity index (χ0) is 11.4. The van der Waals surface area contributed by atoms with E-state index in [1.807, 2.05) is 11.3 Å². The van der Waals surface area contributed by atoms with Crippen molar-refractivity contribution in [3.63, 3.8) is 0 Å². The van der Waals surface area contributed by atoms with E-state index in [1.165, 1.54) is 41.6 Å². The first-order valence-corrected chi connectivity index (χ1v) is 7.85. The van der Waals surface area contributed by atoms with Crippen LogP contribution in [0.5, 0.6) is 0 Å². The second kappa shape index (κ2) is 6.18. The summed E-state index contributed by atoms with van der Waals surface area (Å²) in [6, 6.07) is 2.21. The topological polar surface area (TPSA) is 12.0 Å². The van der Waals surface area contributed by atoms with Crippen LogP contribution in [-0.2, 0) is 6.54 Å². The molecular weight excluding hydrogens is 282 g/mol. The Hall–Kier alpha value is 0.140. The third-order valence-corrected chi connectivity index (χ3v) is 5.10. The molecule has 1 aromatic heterocycles. The highest BCUT2D eigenvalue weighted by atomic mass is 79.9. The fourth-order valence-corrected chi connectivity index (χ4v) is 4.01. The normalized spacial score (nSPS) is 25.9. The third kappa shape index (κ3) is 3.86. The molecule has 16 heavy (non-hydrogen) atoms. The molecule has 0 aliphatic heterocycles. The lowest BCUT2D eigenvalue weighted by molar-refractivity contribution is 0.274. The van der Waals surface area contributed by atoms with Gasteiger partial charge < -0.3 is 5.32 Å². The molecule has 1 saturated carbocycles. The van der Waals surface area contributed by atoms with Gasteiger partial charge in [0.2, 0.25) is 0 Å². The van der Waals surface area contributed by atoms with Crippen LogP contribution in [0.4, 0.5) is 0 Å². The van der Waals surface area contributed by atoms with Crippen molar-refractivity contribution in [2.75, 3.05) is 6.54 Å². The lowest BCUT2D eigenvalue weighted by Crippen LogP contribution is -2.26. The van der Waals surface area contributed by atoms with Gasteiger partial charge in [-0.25, -0.2) is 0 Å². The van der Waals surface area contributed by atoms with Gasteiger partial charge in [-0.3, -0.25) is 0 Å². The number of rotatable bonds is 4. The maximum absolute atomic E-state index is 3.59. The molecule has 1 nitrogen and oxygen atoms in total. The Morgan fingerprint density at radius 3 is 3.06 bits per heavy atom. The fourth-order valence-electron chi connectivity index (χ4n) is 2.59. The Labute approximate surface area is 111 Å². The molecule has 90 valence electrons. The maximum Gasteiger partial charge on any atom is 0.0300 e. The van der Waals surface area contributed by atoms with E-state index in [0.29, 0.717) is 0 Å². The zero-order valence-electron chi connectivity index (χ0n) is 9.84. The van der Waals surface area contributed by atoms with Gasteiger partial charge in [0, 0.05) is 21.3 Å². The third-order valence-electron chi connectivity index (χ3n) is 3.40. The van der Waals surface area contributed by atoms with Crippen molar-refractivity contribution in [2.24, 2.45) is 11.8 Å². The molecule has 0 bridgehead atoms. The van der Waals surface area contributed by atoms with E-state index < -0.39 is 0 Å². The lowest BCUT2D eigenvalue weighted by Gasteiger charge is -2.26. The summed E-state index contributed by atoms with van der Waals surface area (Å²) in [5.74, 6) is 1.85. The predicted molar refractivity (Wildman–Crippen MR) is 74.8 cm³/mol. The molecule has 1 heterocycles. The van der Waals surface area contributed by atoms with Crippen LogP contribution in [0.15, 0.2) is 15.9 Å². The summed E-state index contributed by atoms with van der Waals surface area (Å²) in [6.07, 6.45) is 5.71. The highest BCUT2D eigenvalue weighted by Crippen LogP contribution is 2.28. The second-order valence-corrected chi connectivity index (χ2v) is 6.91. The summed E-state index contributed by atoms with van der Waals surface area (Å²) >= 11 is 5.32.